The maximum Gasteiger partial charge on any atom is 0.270 e. The SMILES string of the molecule is CCOc1ccc(S(=O)(=O)N(CC)CC)cc1NS(=O)(=O)c1c[nH]c(C(=O)N2CCCC2)c1. The van der Waals surface area contributed by atoms with E-state index >= 15 is 0 Å². The summed E-state index contributed by atoms with van der Waals surface area (Å²) >= 11 is 0. The van der Waals surface area contributed by atoms with Gasteiger partial charge >= 0.3 is 0 Å². The third-order valence-corrected chi connectivity index (χ3v) is 8.82. The highest BCUT2D eigenvalue weighted by molar-refractivity contribution is 7.92. The molecule has 12 heteroatoms. The second-order valence-corrected chi connectivity index (χ2v) is 11.2. The first kappa shape index (κ1) is 25.1. The van der Waals surface area contributed by atoms with Gasteiger partial charge in [0.1, 0.15) is 16.3 Å². The van der Waals surface area contributed by atoms with Gasteiger partial charge in [0.15, 0.2) is 0 Å². The van der Waals surface area contributed by atoms with Crippen molar-refractivity contribution in [1.82, 2.24) is 14.2 Å². The summed E-state index contributed by atoms with van der Waals surface area (Å²) in [5.74, 6) is -0.0558. The standard InChI is InChI=1S/C21H30N4O6S2/c1-4-25(5-2)33(29,30)16-9-10-20(31-6-3)18(13-16)23-32(27,28)17-14-19(22-15-17)21(26)24-11-7-8-12-24/h9-10,13-15,22-23H,4-8,11-12H2,1-3H3. The van der Waals surface area contributed by atoms with Crippen molar-refractivity contribution in [3.8, 4) is 5.75 Å². The number of amides is 1. The Morgan fingerprint density at radius 3 is 2.33 bits per heavy atom. The van der Waals surface area contributed by atoms with Gasteiger partial charge in [-0.25, -0.2) is 16.8 Å². The summed E-state index contributed by atoms with van der Waals surface area (Å²) in [4.78, 5) is 16.8. The van der Waals surface area contributed by atoms with Gasteiger partial charge in [0.25, 0.3) is 15.9 Å². The average molecular weight is 499 g/mol. The van der Waals surface area contributed by atoms with Crippen molar-refractivity contribution >= 4 is 31.6 Å². The highest BCUT2D eigenvalue weighted by atomic mass is 32.2. The number of hydrogen-bond donors (Lipinski definition) is 2. The summed E-state index contributed by atoms with van der Waals surface area (Å²) in [6, 6.07) is 5.34. The second-order valence-electron chi connectivity index (χ2n) is 7.53. The van der Waals surface area contributed by atoms with Crippen LogP contribution in [0.1, 0.15) is 44.1 Å². The van der Waals surface area contributed by atoms with E-state index in [4.69, 9.17) is 4.74 Å². The van der Waals surface area contributed by atoms with Crippen LogP contribution >= 0.6 is 0 Å². The number of benzene rings is 1. The third kappa shape index (κ3) is 5.33. The van der Waals surface area contributed by atoms with Gasteiger partial charge in [0.05, 0.1) is 17.2 Å². The highest BCUT2D eigenvalue weighted by Crippen LogP contribution is 2.31. The summed E-state index contributed by atoms with van der Waals surface area (Å²) in [7, 11) is -7.93. The minimum atomic E-state index is -4.12. The molecule has 0 unspecified atom stereocenters. The van der Waals surface area contributed by atoms with E-state index in [0.29, 0.717) is 13.1 Å². The fraction of sp³-hybridized carbons (Fsp3) is 0.476. The predicted octanol–water partition coefficient (Wildman–Crippen LogP) is 2.48. The van der Waals surface area contributed by atoms with E-state index in [2.05, 4.69) is 9.71 Å². The lowest BCUT2D eigenvalue weighted by Crippen LogP contribution is -2.30. The van der Waals surface area contributed by atoms with Crippen molar-refractivity contribution in [2.24, 2.45) is 0 Å². The number of H-pyrrole nitrogens is 1. The zero-order chi connectivity index (χ0) is 24.2. The molecule has 1 aliphatic heterocycles. The van der Waals surface area contributed by atoms with Crippen LogP contribution in [0.15, 0.2) is 40.3 Å². The predicted molar refractivity (Wildman–Crippen MR) is 124 cm³/mol. The topological polar surface area (TPSA) is 129 Å². The molecular formula is C21H30N4O6S2. The molecule has 1 aromatic carbocycles. The Hall–Kier alpha value is -2.57. The number of nitrogens with zero attached hydrogens (tertiary/aromatic N) is 2. The molecule has 33 heavy (non-hydrogen) atoms. The summed E-state index contributed by atoms with van der Waals surface area (Å²) in [5.41, 5.74) is 0.180. The Morgan fingerprint density at radius 2 is 1.73 bits per heavy atom. The van der Waals surface area contributed by atoms with Gasteiger partial charge in [-0.3, -0.25) is 9.52 Å². The molecule has 0 aliphatic carbocycles. The van der Waals surface area contributed by atoms with Gasteiger partial charge in [0, 0.05) is 32.4 Å². The molecular weight excluding hydrogens is 468 g/mol. The van der Waals surface area contributed by atoms with E-state index in [1.165, 1.54) is 34.8 Å². The van der Waals surface area contributed by atoms with Crippen LogP contribution in [0.4, 0.5) is 5.69 Å². The molecule has 1 fully saturated rings. The number of anilines is 1. The number of likely N-dealkylation sites (tertiary alicyclic amines) is 1. The Bertz CT molecular complexity index is 1200. The van der Waals surface area contributed by atoms with Crippen LogP contribution in [-0.4, -0.2) is 69.7 Å². The largest absolute Gasteiger partial charge is 0.492 e. The summed E-state index contributed by atoms with van der Waals surface area (Å²) in [6.45, 7) is 7.30. The fourth-order valence-electron chi connectivity index (χ4n) is 3.69. The van der Waals surface area contributed by atoms with E-state index in [1.54, 1.807) is 25.7 Å². The maximum absolute atomic E-state index is 13.1. The summed E-state index contributed by atoms with van der Waals surface area (Å²) in [6.07, 6.45) is 3.08. The van der Waals surface area contributed by atoms with E-state index < -0.39 is 20.0 Å². The summed E-state index contributed by atoms with van der Waals surface area (Å²) in [5, 5.41) is 0. The van der Waals surface area contributed by atoms with E-state index in [-0.39, 0.29) is 52.5 Å². The Kier molecular flexibility index (Phi) is 7.70. The molecule has 1 aromatic heterocycles. The highest BCUT2D eigenvalue weighted by Gasteiger charge is 2.26. The van der Waals surface area contributed by atoms with Crippen molar-refractivity contribution in [3.63, 3.8) is 0 Å². The first-order valence-electron chi connectivity index (χ1n) is 10.9. The Morgan fingerprint density at radius 1 is 1.06 bits per heavy atom. The van der Waals surface area contributed by atoms with Crippen molar-refractivity contribution in [3.05, 3.63) is 36.2 Å². The molecule has 2 heterocycles. The number of ether oxygens (including phenoxy) is 1. The van der Waals surface area contributed by atoms with Crippen LogP contribution < -0.4 is 9.46 Å². The van der Waals surface area contributed by atoms with Crippen LogP contribution in [-0.2, 0) is 20.0 Å². The molecule has 1 aliphatic rings. The third-order valence-electron chi connectivity index (χ3n) is 5.43. The van der Waals surface area contributed by atoms with Gasteiger partial charge in [0.2, 0.25) is 10.0 Å². The molecule has 1 amide bonds. The molecule has 0 spiro atoms. The van der Waals surface area contributed by atoms with Crippen molar-refractivity contribution in [1.29, 1.82) is 0 Å². The van der Waals surface area contributed by atoms with Gasteiger partial charge in [-0.2, -0.15) is 4.31 Å². The summed E-state index contributed by atoms with van der Waals surface area (Å²) < 4.78 is 61.1. The van der Waals surface area contributed by atoms with Gasteiger partial charge in [-0.1, -0.05) is 13.8 Å². The van der Waals surface area contributed by atoms with Gasteiger partial charge < -0.3 is 14.6 Å². The molecule has 182 valence electrons. The Balaban J connectivity index is 1.93. The Labute approximate surface area is 195 Å². The normalized spacial score (nSPS) is 14.6. The molecule has 0 radical (unpaired) electrons. The lowest BCUT2D eigenvalue weighted by molar-refractivity contribution is 0.0787. The molecule has 0 atom stereocenters. The first-order chi connectivity index (χ1) is 15.6. The number of sulfonamides is 2. The smallest absolute Gasteiger partial charge is 0.270 e. The lowest BCUT2D eigenvalue weighted by atomic mass is 10.3. The second kappa shape index (κ2) is 10.1. The van der Waals surface area contributed by atoms with Gasteiger partial charge in [-0.05, 0) is 44.0 Å². The fourth-order valence-corrected chi connectivity index (χ4v) is 6.23. The lowest BCUT2D eigenvalue weighted by Gasteiger charge is -2.20. The van der Waals surface area contributed by atoms with Gasteiger partial charge in [-0.15, -0.1) is 0 Å². The van der Waals surface area contributed by atoms with Crippen molar-refractivity contribution in [2.45, 2.75) is 43.4 Å². The number of nitrogens with one attached hydrogen (secondary N) is 2. The number of carbonyl (C=O) groups excluding carboxylic acids is 1. The van der Waals surface area contributed by atoms with Crippen molar-refractivity contribution in [2.75, 3.05) is 37.5 Å². The monoisotopic (exact) mass is 498 g/mol. The van der Waals surface area contributed by atoms with Crippen LogP contribution in [0.5, 0.6) is 5.75 Å². The molecule has 3 rings (SSSR count). The molecule has 10 nitrogen and oxygen atoms in total. The molecule has 1 saturated heterocycles. The van der Waals surface area contributed by atoms with E-state index in [1.807, 2.05) is 0 Å². The van der Waals surface area contributed by atoms with Crippen LogP contribution in [0.2, 0.25) is 0 Å². The molecule has 2 N–H and O–H groups in total. The number of rotatable bonds is 10. The molecule has 2 aromatic rings. The maximum atomic E-state index is 13.1. The van der Waals surface area contributed by atoms with Crippen molar-refractivity contribution < 1.29 is 26.4 Å². The van der Waals surface area contributed by atoms with Crippen LogP contribution in [0, 0.1) is 0 Å². The number of aromatic amines is 1. The quantitative estimate of drug-likeness (QED) is 0.518. The average Bonchev–Trinajstić information content (AvgIpc) is 3.48. The van der Waals surface area contributed by atoms with E-state index in [9.17, 15) is 21.6 Å². The molecule has 0 bridgehead atoms. The van der Waals surface area contributed by atoms with Crippen LogP contribution in [0.25, 0.3) is 0 Å². The number of hydrogen-bond acceptors (Lipinski definition) is 6. The zero-order valence-electron chi connectivity index (χ0n) is 19.0. The zero-order valence-corrected chi connectivity index (χ0v) is 20.6. The van der Waals surface area contributed by atoms with Crippen LogP contribution in [0.3, 0.4) is 0 Å². The number of aromatic nitrogens is 1. The minimum Gasteiger partial charge on any atom is -0.492 e. The minimum absolute atomic E-state index is 0.00120. The van der Waals surface area contributed by atoms with E-state index in [0.717, 1.165) is 12.8 Å². The first-order valence-corrected chi connectivity index (χ1v) is 13.8. The molecule has 0 saturated carbocycles. The number of carbonyl (C=O) groups is 1.